The molecule has 11 heteroatoms. The molecule has 2 saturated carbocycles. The van der Waals surface area contributed by atoms with Crippen molar-refractivity contribution in [3.05, 3.63) is 59.7 Å². The van der Waals surface area contributed by atoms with Crippen LogP contribution in [0.4, 0.5) is 18.9 Å². The summed E-state index contributed by atoms with van der Waals surface area (Å²) in [6.45, 7) is 1.86. The molecule has 0 aromatic heterocycles. The third kappa shape index (κ3) is 6.74. The van der Waals surface area contributed by atoms with Crippen LogP contribution in [0.2, 0.25) is 0 Å². The molecule has 2 aliphatic rings. The van der Waals surface area contributed by atoms with Crippen LogP contribution in [0.3, 0.4) is 0 Å². The number of hydrogen-bond donors (Lipinski definition) is 3. The number of carboxylic acid groups (broad SMARTS) is 1. The summed E-state index contributed by atoms with van der Waals surface area (Å²) in [4.78, 5) is 21.9. The van der Waals surface area contributed by atoms with Gasteiger partial charge in [0.15, 0.2) is 0 Å². The van der Waals surface area contributed by atoms with Crippen LogP contribution in [0.15, 0.2) is 53.4 Å². The number of aliphatic carboxylic acids is 1. The number of sulfonamides is 1. The molecular formula is C24H27F3N2O5S. The molecule has 0 radical (unpaired) electrons. The number of halogens is 3. The zero-order valence-corrected chi connectivity index (χ0v) is 19.9. The number of carbonyl (C=O) groups is 2. The summed E-state index contributed by atoms with van der Waals surface area (Å²) in [6.07, 6.45) is 1.13. The minimum atomic E-state index is -5.08. The van der Waals surface area contributed by atoms with Crippen LogP contribution in [0.1, 0.15) is 49.7 Å². The molecule has 4 rings (SSSR count). The molecule has 1 amide bonds. The normalized spacial score (nSPS) is 17.1. The van der Waals surface area contributed by atoms with Gasteiger partial charge in [0.2, 0.25) is 5.91 Å². The van der Waals surface area contributed by atoms with Crippen molar-refractivity contribution in [2.24, 2.45) is 0 Å². The van der Waals surface area contributed by atoms with Gasteiger partial charge in [0.05, 0.1) is 10.3 Å². The number of rotatable bonds is 6. The second kappa shape index (κ2) is 10.3. The lowest BCUT2D eigenvalue weighted by atomic mass is 9.94. The minimum absolute atomic E-state index is 0.118. The van der Waals surface area contributed by atoms with E-state index in [9.17, 15) is 26.4 Å². The van der Waals surface area contributed by atoms with Gasteiger partial charge in [0.25, 0.3) is 10.0 Å². The lowest BCUT2D eigenvalue weighted by molar-refractivity contribution is -0.192. The van der Waals surface area contributed by atoms with Gasteiger partial charge in [-0.2, -0.15) is 13.2 Å². The van der Waals surface area contributed by atoms with Crippen molar-refractivity contribution in [2.75, 3.05) is 4.72 Å². The van der Waals surface area contributed by atoms with Crippen LogP contribution in [-0.4, -0.2) is 37.6 Å². The maximum absolute atomic E-state index is 12.8. The first kappa shape index (κ1) is 26.5. The number of aryl methyl sites for hydroxylation is 1. The van der Waals surface area contributed by atoms with E-state index < -0.39 is 27.6 Å². The lowest BCUT2D eigenvalue weighted by Crippen LogP contribution is -2.40. The standard InChI is InChI=1S/C22H26N2O3S.C2HF3O2/c1-16-5-4-8-20(15-16)28(26,27)24-19-11-9-17(10-12-19)22(13-14-22)21(25)23-18-6-2-3-7-18;3-2(4,5)1(6)7/h4-5,8-12,15,18,24H,2-3,6-7,13-14H2,1H3,(H,23,25);(H,6,7). The van der Waals surface area contributed by atoms with Gasteiger partial charge in [0.1, 0.15) is 0 Å². The van der Waals surface area contributed by atoms with E-state index in [1.54, 1.807) is 30.3 Å². The maximum atomic E-state index is 12.8. The smallest absolute Gasteiger partial charge is 0.475 e. The molecule has 2 aromatic rings. The Kier molecular flexibility index (Phi) is 7.78. The molecule has 2 aliphatic carbocycles. The van der Waals surface area contributed by atoms with Gasteiger partial charge in [-0.25, -0.2) is 13.2 Å². The van der Waals surface area contributed by atoms with Crippen molar-refractivity contribution in [3.63, 3.8) is 0 Å². The Labute approximate surface area is 201 Å². The number of amides is 1. The van der Waals surface area contributed by atoms with E-state index in [0.717, 1.165) is 36.8 Å². The summed E-state index contributed by atoms with van der Waals surface area (Å²) in [7, 11) is -3.63. The Hall–Kier alpha value is -3.08. The molecule has 0 saturated heterocycles. The molecule has 3 N–H and O–H groups in total. The summed E-state index contributed by atoms with van der Waals surface area (Å²) in [5.41, 5.74) is 1.91. The molecule has 0 atom stereocenters. The first-order valence-electron chi connectivity index (χ1n) is 11.1. The molecule has 0 heterocycles. The Morgan fingerprint density at radius 3 is 2.09 bits per heavy atom. The van der Waals surface area contributed by atoms with E-state index in [-0.39, 0.29) is 10.8 Å². The predicted octanol–water partition coefficient (Wildman–Crippen LogP) is 4.52. The molecule has 0 unspecified atom stereocenters. The van der Waals surface area contributed by atoms with E-state index in [1.807, 2.05) is 25.1 Å². The van der Waals surface area contributed by atoms with Crippen molar-refractivity contribution < 1.29 is 36.3 Å². The van der Waals surface area contributed by atoms with Crippen molar-refractivity contribution in [1.29, 1.82) is 0 Å². The number of hydrogen-bond acceptors (Lipinski definition) is 4. The van der Waals surface area contributed by atoms with E-state index in [2.05, 4.69) is 10.0 Å². The minimum Gasteiger partial charge on any atom is -0.475 e. The van der Waals surface area contributed by atoms with Crippen LogP contribution in [0, 0.1) is 6.92 Å². The Morgan fingerprint density at radius 1 is 1.03 bits per heavy atom. The highest BCUT2D eigenvalue weighted by molar-refractivity contribution is 7.92. The number of carbonyl (C=O) groups excluding carboxylic acids is 1. The second-order valence-electron chi connectivity index (χ2n) is 8.84. The van der Waals surface area contributed by atoms with Gasteiger partial charge < -0.3 is 10.4 Å². The molecule has 190 valence electrons. The van der Waals surface area contributed by atoms with Crippen molar-refractivity contribution in [1.82, 2.24) is 5.32 Å². The molecule has 7 nitrogen and oxygen atoms in total. The highest BCUT2D eigenvalue weighted by Gasteiger charge is 2.51. The van der Waals surface area contributed by atoms with Crippen LogP contribution in [0.25, 0.3) is 0 Å². The molecule has 0 aliphatic heterocycles. The van der Waals surface area contributed by atoms with Gasteiger partial charge in [-0.1, -0.05) is 37.1 Å². The van der Waals surface area contributed by atoms with E-state index >= 15 is 0 Å². The van der Waals surface area contributed by atoms with Crippen LogP contribution < -0.4 is 10.0 Å². The highest BCUT2D eigenvalue weighted by atomic mass is 32.2. The van der Waals surface area contributed by atoms with Gasteiger partial charge in [0, 0.05) is 11.7 Å². The average Bonchev–Trinajstić information content (AvgIpc) is 3.44. The van der Waals surface area contributed by atoms with E-state index in [4.69, 9.17) is 9.90 Å². The summed E-state index contributed by atoms with van der Waals surface area (Å²) < 4.78 is 59.5. The maximum Gasteiger partial charge on any atom is 0.490 e. The Bertz CT molecular complexity index is 1170. The van der Waals surface area contributed by atoms with Crippen molar-refractivity contribution >= 4 is 27.6 Å². The average molecular weight is 513 g/mol. The largest absolute Gasteiger partial charge is 0.490 e. The first-order chi connectivity index (χ1) is 16.3. The molecule has 0 bridgehead atoms. The summed E-state index contributed by atoms with van der Waals surface area (Å²) >= 11 is 0. The number of carboxylic acids is 1. The fourth-order valence-corrected chi connectivity index (χ4v) is 5.18. The lowest BCUT2D eigenvalue weighted by Gasteiger charge is -2.20. The number of nitrogens with one attached hydrogen (secondary N) is 2. The summed E-state index contributed by atoms with van der Waals surface area (Å²) in [6, 6.07) is 14.3. The molecule has 2 fully saturated rings. The number of benzene rings is 2. The van der Waals surface area contributed by atoms with Gasteiger partial charge in [-0.15, -0.1) is 0 Å². The second-order valence-corrected chi connectivity index (χ2v) is 10.5. The SMILES string of the molecule is Cc1cccc(S(=O)(=O)Nc2ccc(C3(C(=O)NC4CCCC4)CC3)cc2)c1.O=C(O)C(F)(F)F. The van der Waals surface area contributed by atoms with Crippen molar-refractivity contribution in [3.8, 4) is 0 Å². The zero-order chi connectivity index (χ0) is 25.9. The molecule has 2 aromatic carbocycles. The van der Waals surface area contributed by atoms with E-state index in [1.165, 1.54) is 12.8 Å². The summed E-state index contributed by atoms with van der Waals surface area (Å²) in [5.74, 6) is -2.64. The Balaban J connectivity index is 0.000000429. The van der Waals surface area contributed by atoms with Gasteiger partial charge >= 0.3 is 12.1 Å². The number of alkyl halides is 3. The molecular weight excluding hydrogens is 485 g/mol. The fraction of sp³-hybridized carbons (Fsp3) is 0.417. The topological polar surface area (TPSA) is 113 Å². The van der Waals surface area contributed by atoms with Gasteiger partial charge in [-0.3, -0.25) is 9.52 Å². The van der Waals surface area contributed by atoms with Crippen LogP contribution in [-0.2, 0) is 25.0 Å². The third-order valence-electron chi connectivity index (χ3n) is 6.11. The van der Waals surface area contributed by atoms with Crippen LogP contribution >= 0.6 is 0 Å². The molecule has 0 spiro atoms. The Morgan fingerprint density at radius 2 is 1.60 bits per heavy atom. The predicted molar refractivity (Wildman–Crippen MR) is 123 cm³/mol. The highest BCUT2D eigenvalue weighted by Crippen LogP contribution is 2.49. The quantitative estimate of drug-likeness (QED) is 0.527. The summed E-state index contributed by atoms with van der Waals surface area (Å²) in [5, 5.41) is 10.3. The molecule has 35 heavy (non-hydrogen) atoms. The number of anilines is 1. The van der Waals surface area contributed by atoms with Gasteiger partial charge in [-0.05, 0) is 68.0 Å². The first-order valence-corrected chi connectivity index (χ1v) is 12.6. The zero-order valence-electron chi connectivity index (χ0n) is 19.1. The van der Waals surface area contributed by atoms with E-state index in [0.29, 0.717) is 11.7 Å². The third-order valence-corrected chi connectivity index (χ3v) is 7.49. The van der Waals surface area contributed by atoms with Crippen molar-refractivity contribution in [2.45, 2.75) is 68.0 Å². The fourth-order valence-electron chi connectivity index (χ4n) is 4.02. The van der Waals surface area contributed by atoms with Crippen LogP contribution in [0.5, 0.6) is 0 Å². The monoisotopic (exact) mass is 512 g/mol.